The Balaban J connectivity index is 1.80. The van der Waals surface area contributed by atoms with E-state index in [9.17, 15) is 9.59 Å². The average Bonchev–Trinajstić information content (AvgIpc) is 2.87. The molecule has 196 valence electrons. The predicted molar refractivity (Wildman–Crippen MR) is 139 cm³/mol. The molecular weight excluding hydrogens is 507 g/mol. The largest absolute Gasteiger partial charge is 0.493 e. The van der Waals surface area contributed by atoms with Crippen LogP contribution in [0.25, 0.3) is 0 Å². The maximum atomic E-state index is 13.6. The van der Waals surface area contributed by atoms with Gasteiger partial charge in [-0.3, -0.25) is 9.59 Å². The summed E-state index contributed by atoms with van der Waals surface area (Å²) >= 11 is 12.1. The van der Waals surface area contributed by atoms with E-state index < -0.39 is 0 Å². The normalized spacial score (nSPS) is 15.6. The van der Waals surface area contributed by atoms with Gasteiger partial charge in [0.1, 0.15) is 0 Å². The number of morpholine rings is 1. The fourth-order valence-corrected chi connectivity index (χ4v) is 4.44. The molecule has 1 heterocycles. The third-order valence-electron chi connectivity index (χ3n) is 5.80. The molecule has 0 aliphatic carbocycles. The molecule has 8 nitrogen and oxygen atoms in total. The second kappa shape index (κ2) is 12.5. The second-order valence-electron chi connectivity index (χ2n) is 8.89. The molecule has 0 N–H and O–H groups in total. The third-order valence-corrected chi connectivity index (χ3v) is 6.54. The Morgan fingerprint density at radius 1 is 1.03 bits per heavy atom. The molecule has 0 saturated carbocycles. The van der Waals surface area contributed by atoms with Crippen molar-refractivity contribution in [1.82, 2.24) is 9.80 Å². The van der Waals surface area contributed by atoms with Gasteiger partial charge in [0.25, 0.3) is 11.8 Å². The van der Waals surface area contributed by atoms with Crippen molar-refractivity contribution in [2.45, 2.75) is 20.0 Å². The summed E-state index contributed by atoms with van der Waals surface area (Å²) in [4.78, 5) is 30.1. The number of carbonyl (C=O) groups is 2. The second-order valence-corrected chi connectivity index (χ2v) is 9.71. The zero-order valence-corrected chi connectivity index (χ0v) is 22.7. The number of methoxy groups -OCH3 is 3. The summed E-state index contributed by atoms with van der Waals surface area (Å²) in [5.74, 6) is 1.08. The number of rotatable bonds is 9. The molecule has 0 radical (unpaired) electrons. The van der Waals surface area contributed by atoms with Crippen LogP contribution in [-0.4, -0.2) is 81.8 Å². The lowest BCUT2D eigenvalue weighted by molar-refractivity contribution is -0.0340. The molecule has 0 aromatic heterocycles. The van der Waals surface area contributed by atoms with Gasteiger partial charge in [-0.25, -0.2) is 0 Å². The van der Waals surface area contributed by atoms with Crippen molar-refractivity contribution in [1.29, 1.82) is 0 Å². The van der Waals surface area contributed by atoms with E-state index in [4.69, 9.17) is 42.1 Å². The van der Waals surface area contributed by atoms with Crippen LogP contribution < -0.4 is 14.2 Å². The van der Waals surface area contributed by atoms with Gasteiger partial charge in [0.05, 0.1) is 44.1 Å². The summed E-state index contributed by atoms with van der Waals surface area (Å²) in [5, 5.41) is 0.717. The van der Waals surface area contributed by atoms with E-state index in [0.717, 1.165) is 0 Å². The molecule has 1 aliphatic rings. The number of nitrogens with zero attached hydrogens (tertiary/aromatic N) is 2. The number of carbonyl (C=O) groups excluding carboxylic acids is 2. The van der Waals surface area contributed by atoms with Crippen LogP contribution in [0.4, 0.5) is 0 Å². The number of halogens is 2. The van der Waals surface area contributed by atoms with Crippen molar-refractivity contribution in [3.8, 4) is 17.2 Å². The molecule has 10 heteroatoms. The monoisotopic (exact) mass is 538 g/mol. The van der Waals surface area contributed by atoms with Crippen molar-refractivity contribution >= 4 is 35.0 Å². The summed E-state index contributed by atoms with van der Waals surface area (Å²) in [5.41, 5.74) is 0.863. The molecule has 0 spiro atoms. The average molecular weight is 539 g/mol. The highest BCUT2D eigenvalue weighted by atomic mass is 35.5. The molecule has 2 amide bonds. The van der Waals surface area contributed by atoms with Gasteiger partial charge < -0.3 is 28.7 Å². The Kier molecular flexibility index (Phi) is 9.70. The number of hydrogen-bond acceptors (Lipinski definition) is 6. The summed E-state index contributed by atoms with van der Waals surface area (Å²) in [7, 11) is 4.53. The fraction of sp³-hybridized carbons (Fsp3) is 0.462. The van der Waals surface area contributed by atoms with Crippen LogP contribution in [0.2, 0.25) is 10.0 Å². The summed E-state index contributed by atoms with van der Waals surface area (Å²) in [6, 6.07) is 8.10. The molecule has 0 bridgehead atoms. The first-order valence-corrected chi connectivity index (χ1v) is 12.4. The fourth-order valence-electron chi connectivity index (χ4n) is 4.14. The predicted octanol–water partition coefficient (Wildman–Crippen LogP) is 4.66. The minimum absolute atomic E-state index is 0.159. The van der Waals surface area contributed by atoms with Crippen LogP contribution in [0.1, 0.15) is 34.6 Å². The topological polar surface area (TPSA) is 77.5 Å². The lowest BCUT2D eigenvalue weighted by Gasteiger charge is -2.36. The molecule has 1 fully saturated rings. The van der Waals surface area contributed by atoms with Crippen LogP contribution in [0.5, 0.6) is 17.2 Å². The first-order valence-electron chi connectivity index (χ1n) is 11.6. The lowest BCUT2D eigenvalue weighted by atomic mass is 10.1. The highest BCUT2D eigenvalue weighted by Crippen LogP contribution is 2.38. The molecule has 1 saturated heterocycles. The van der Waals surface area contributed by atoms with Gasteiger partial charge in [0.15, 0.2) is 11.5 Å². The SMILES string of the molecule is COc1cc(C(=O)N(CC(C)C)C[C@@H]2CN(C(=O)c3ccc(Cl)c(Cl)c3)CCO2)cc(OC)c1OC. The maximum absolute atomic E-state index is 13.6. The van der Waals surface area contributed by atoms with Crippen molar-refractivity contribution in [3.63, 3.8) is 0 Å². The van der Waals surface area contributed by atoms with Crippen molar-refractivity contribution in [2.24, 2.45) is 5.92 Å². The Morgan fingerprint density at radius 3 is 2.25 bits per heavy atom. The Morgan fingerprint density at radius 2 is 1.69 bits per heavy atom. The van der Waals surface area contributed by atoms with Gasteiger partial charge >= 0.3 is 0 Å². The summed E-state index contributed by atoms with van der Waals surface area (Å²) in [6.45, 7) is 6.06. The first kappa shape index (κ1) is 27.9. The quantitative estimate of drug-likeness (QED) is 0.462. The van der Waals surface area contributed by atoms with Gasteiger partial charge in [0, 0.05) is 37.3 Å². The van der Waals surface area contributed by atoms with E-state index in [1.165, 1.54) is 21.3 Å². The molecule has 0 unspecified atom stereocenters. The number of hydrogen-bond donors (Lipinski definition) is 0. The minimum atomic E-state index is -0.352. The zero-order chi connectivity index (χ0) is 26.4. The van der Waals surface area contributed by atoms with Crippen molar-refractivity contribution in [3.05, 3.63) is 51.5 Å². The van der Waals surface area contributed by atoms with Crippen molar-refractivity contribution < 1.29 is 28.5 Å². The van der Waals surface area contributed by atoms with E-state index >= 15 is 0 Å². The van der Waals surface area contributed by atoms with Crippen LogP contribution in [0.3, 0.4) is 0 Å². The zero-order valence-electron chi connectivity index (χ0n) is 21.2. The van der Waals surface area contributed by atoms with Gasteiger partial charge in [-0.1, -0.05) is 37.0 Å². The van der Waals surface area contributed by atoms with E-state index in [-0.39, 0.29) is 23.8 Å². The molecular formula is C26H32Cl2N2O6. The van der Waals surface area contributed by atoms with E-state index in [1.54, 1.807) is 40.1 Å². The highest BCUT2D eigenvalue weighted by molar-refractivity contribution is 6.42. The van der Waals surface area contributed by atoms with Crippen LogP contribution in [-0.2, 0) is 4.74 Å². The van der Waals surface area contributed by atoms with Gasteiger partial charge in [0.2, 0.25) is 5.75 Å². The molecule has 36 heavy (non-hydrogen) atoms. The molecule has 2 aromatic carbocycles. The lowest BCUT2D eigenvalue weighted by Crippen LogP contribution is -2.51. The van der Waals surface area contributed by atoms with E-state index in [2.05, 4.69) is 0 Å². The molecule has 2 aromatic rings. The number of benzene rings is 2. The van der Waals surface area contributed by atoms with Gasteiger partial charge in [-0.05, 0) is 36.2 Å². The first-order chi connectivity index (χ1) is 17.2. The maximum Gasteiger partial charge on any atom is 0.254 e. The van der Waals surface area contributed by atoms with Gasteiger partial charge in [-0.2, -0.15) is 0 Å². The minimum Gasteiger partial charge on any atom is -0.493 e. The number of amides is 2. The standard InChI is InChI=1S/C26H32Cl2N2O6/c1-16(2)13-30(26(32)18-11-22(33-3)24(35-5)23(12-18)34-4)15-19-14-29(8-9-36-19)25(31)17-6-7-20(27)21(28)10-17/h6-7,10-12,16,19H,8-9,13-15H2,1-5H3/t19-/m0/s1. The van der Waals surface area contributed by atoms with Crippen molar-refractivity contribution in [2.75, 3.05) is 54.1 Å². The summed E-state index contributed by atoms with van der Waals surface area (Å²) < 4.78 is 22.2. The molecule has 1 atom stereocenters. The highest BCUT2D eigenvalue weighted by Gasteiger charge is 2.30. The van der Waals surface area contributed by atoms with Gasteiger partial charge in [-0.15, -0.1) is 0 Å². The molecule has 3 rings (SSSR count). The Hall–Kier alpha value is -2.68. The Bertz CT molecular complexity index is 1070. The van der Waals surface area contributed by atoms with E-state index in [0.29, 0.717) is 71.2 Å². The van der Waals surface area contributed by atoms with Crippen LogP contribution in [0, 0.1) is 5.92 Å². The van der Waals surface area contributed by atoms with Crippen LogP contribution >= 0.6 is 23.2 Å². The smallest absolute Gasteiger partial charge is 0.254 e. The summed E-state index contributed by atoms with van der Waals surface area (Å²) in [6.07, 6.45) is -0.352. The number of ether oxygens (including phenoxy) is 4. The molecule has 1 aliphatic heterocycles. The third kappa shape index (κ3) is 6.55. The van der Waals surface area contributed by atoms with Crippen LogP contribution in [0.15, 0.2) is 30.3 Å². The van der Waals surface area contributed by atoms with E-state index in [1.807, 2.05) is 13.8 Å². The Labute approximate surface area is 221 Å².